The van der Waals surface area contributed by atoms with Crippen LogP contribution in [0, 0.1) is 0 Å². The number of hydrogen-bond donors (Lipinski definition) is 1. The Morgan fingerprint density at radius 3 is 2.67 bits per heavy atom. The summed E-state index contributed by atoms with van der Waals surface area (Å²) < 4.78 is 6.14. The topological polar surface area (TPSA) is 54.0 Å². The van der Waals surface area contributed by atoms with E-state index in [0.717, 1.165) is 59.9 Å². The molecule has 0 aliphatic carbocycles. The quantitative estimate of drug-likeness (QED) is 0.479. The number of pyridine rings is 2. The molecule has 0 unspecified atom stereocenters. The van der Waals surface area contributed by atoms with Crippen molar-refractivity contribution in [2.24, 2.45) is 0 Å². The van der Waals surface area contributed by atoms with Crippen molar-refractivity contribution in [1.29, 1.82) is 0 Å². The molecule has 0 radical (unpaired) electrons. The summed E-state index contributed by atoms with van der Waals surface area (Å²) in [4.78, 5) is 14.6. The lowest BCUT2D eigenvalue weighted by Crippen LogP contribution is -2.37. The largest absolute Gasteiger partial charge is 0.474 e. The smallest absolute Gasteiger partial charge is 0.213 e. The van der Waals surface area contributed by atoms with Crippen LogP contribution in [-0.2, 0) is 0 Å². The Morgan fingerprint density at radius 2 is 1.90 bits per heavy atom. The van der Waals surface area contributed by atoms with E-state index in [4.69, 9.17) is 4.74 Å². The van der Waals surface area contributed by atoms with E-state index in [1.54, 1.807) is 0 Å². The highest BCUT2D eigenvalue weighted by atomic mass is 16.5. The van der Waals surface area contributed by atoms with Gasteiger partial charge < -0.3 is 14.6 Å². The second-order valence-electron chi connectivity index (χ2n) is 7.92. The van der Waals surface area contributed by atoms with Gasteiger partial charge in [-0.1, -0.05) is 25.6 Å². The van der Waals surface area contributed by atoms with E-state index in [1.165, 1.54) is 11.1 Å². The molecule has 1 N–H and O–H groups in total. The second kappa shape index (κ2) is 7.82. The number of benzene rings is 1. The van der Waals surface area contributed by atoms with Crippen LogP contribution in [0.3, 0.4) is 0 Å². The standard InChI is InChI=1S/C25H26N4O/c1-3-17(2)29-12-9-20(10-13-29)30-25-7-5-19(15-27-25)18-4-6-21-22-16-26-11-8-23(22)28-24(21)14-18/h4-8,11,14-16,20,28H,2-3,9-10,12-13H2,1H3. The highest BCUT2D eigenvalue weighted by molar-refractivity contribution is 6.07. The maximum Gasteiger partial charge on any atom is 0.213 e. The van der Waals surface area contributed by atoms with Crippen LogP contribution in [0.25, 0.3) is 32.9 Å². The molecule has 1 fully saturated rings. The molecule has 5 heteroatoms. The van der Waals surface area contributed by atoms with Crippen molar-refractivity contribution in [3.8, 4) is 17.0 Å². The summed E-state index contributed by atoms with van der Waals surface area (Å²) >= 11 is 0. The Labute approximate surface area is 176 Å². The first kappa shape index (κ1) is 18.7. The third kappa shape index (κ3) is 3.52. The van der Waals surface area contributed by atoms with Crippen LogP contribution in [0.15, 0.2) is 67.3 Å². The molecule has 1 saturated heterocycles. The monoisotopic (exact) mass is 398 g/mol. The van der Waals surface area contributed by atoms with Crippen LogP contribution in [0.4, 0.5) is 0 Å². The third-order valence-corrected chi connectivity index (χ3v) is 6.05. The number of H-pyrrole nitrogens is 1. The van der Waals surface area contributed by atoms with Crippen LogP contribution in [0.1, 0.15) is 26.2 Å². The maximum absolute atomic E-state index is 6.14. The molecule has 1 aliphatic heterocycles. The number of aromatic nitrogens is 3. The zero-order valence-corrected chi connectivity index (χ0v) is 17.3. The molecule has 152 valence electrons. The number of nitrogens with one attached hydrogen (secondary N) is 1. The number of aromatic amines is 1. The molecular formula is C25H26N4O. The number of piperidine rings is 1. The van der Waals surface area contributed by atoms with Gasteiger partial charge in [0.15, 0.2) is 0 Å². The van der Waals surface area contributed by atoms with E-state index in [0.29, 0.717) is 5.88 Å². The second-order valence-corrected chi connectivity index (χ2v) is 7.92. The number of likely N-dealkylation sites (tertiary alicyclic amines) is 1. The Balaban J connectivity index is 1.29. The van der Waals surface area contributed by atoms with Gasteiger partial charge in [-0.3, -0.25) is 4.98 Å². The molecule has 0 saturated carbocycles. The number of ether oxygens (including phenoxy) is 1. The summed E-state index contributed by atoms with van der Waals surface area (Å²) in [5.74, 6) is 0.698. The first-order valence-corrected chi connectivity index (χ1v) is 10.6. The predicted octanol–water partition coefficient (Wildman–Crippen LogP) is 5.55. The highest BCUT2D eigenvalue weighted by Crippen LogP contribution is 2.29. The van der Waals surface area contributed by atoms with Crippen molar-refractivity contribution in [3.63, 3.8) is 0 Å². The molecule has 0 atom stereocenters. The number of nitrogens with zero attached hydrogens (tertiary/aromatic N) is 3. The first-order valence-electron chi connectivity index (χ1n) is 10.6. The van der Waals surface area contributed by atoms with Crippen molar-refractivity contribution in [2.45, 2.75) is 32.3 Å². The fourth-order valence-electron chi connectivity index (χ4n) is 4.23. The van der Waals surface area contributed by atoms with Crippen LogP contribution in [0.5, 0.6) is 5.88 Å². The van der Waals surface area contributed by atoms with E-state index in [2.05, 4.69) is 57.6 Å². The minimum absolute atomic E-state index is 0.223. The lowest BCUT2D eigenvalue weighted by atomic mass is 10.1. The molecule has 0 amide bonds. The minimum atomic E-state index is 0.223. The van der Waals surface area contributed by atoms with Gasteiger partial charge >= 0.3 is 0 Å². The third-order valence-electron chi connectivity index (χ3n) is 6.05. The van der Waals surface area contributed by atoms with Crippen molar-refractivity contribution < 1.29 is 4.74 Å². The van der Waals surface area contributed by atoms with Crippen LogP contribution in [-0.4, -0.2) is 39.0 Å². The molecular weight excluding hydrogens is 372 g/mol. The van der Waals surface area contributed by atoms with E-state index in [-0.39, 0.29) is 6.10 Å². The molecule has 1 aromatic carbocycles. The Morgan fingerprint density at radius 1 is 1.07 bits per heavy atom. The van der Waals surface area contributed by atoms with Crippen molar-refractivity contribution in [2.75, 3.05) is 13.1 Å². The minimum Gasteiger partial charge on any atom is -0.474 e. The van der Waals surface area contributed by atoms with Crippen LogP contribution >= 0.6 is 0 Å². The Bertz CT molecular complexity index is 1190. The number of rotatable bonds is 5. The number of allylic oxidation sites excluding steroid dienone is 1. The van der Waals surface area contributed by atoms with Crippen molar-refractivity contribution in [1.82, 2.24) is 19.9 Å². The summed E-state index contributed by atoms with van der Waals surface area (Å²) in [6.45, 7) is 8.32. The van der Waals surface area contributed by atoms with Crippen molar-refractivity contribution >= 4 is 21.8 Å². The van der Waals surface area contributed by atoms with Gasteiger partial charge in [0.25, 0.3) is 0 Å². The van der Waals surface area contributed by atoms with Gasteiger partial charge in [0, 0.05) is 83.7 Å². The summed E-state index contributed by atoms with van der Waals surface area (Å²) in [6, 6.07) is 12.5. The average molecular weight is 399 g/mol. The summed E-state index contributed by atoms with van der Waals surface area (Å²) in [7, 11) is 0. The molecule has 30 heavy (non-hydrogen) atoms. The zero-order chi connectivity index (χ0) is 20.5. The van der Waals surface area contributed by atoms with Gasteiger partial charge in [-0.15, -0.1) is 0 Å². The van der Waals surface area contributed by atoms with E-state index in [1.807, 2.05) is 30.7 Å². The molecule has 0 spiro atoms. The fraction of sp³-hybridized carbons (Fsp3) is 0.280. The highest BCUT2D eigenvalue weighted by Gasteiger charge is 2.21. The Kier molecular flexibility index (Phi) is 4.87. The summed E-state index contributed by atoms with van der Waals surface area (Å²) in [6.07, 6.45) is 8.86. The molecule has 1 aliphatic rings. The van der Waals surface area contributed by atoms with Gasteiger partial charge in [0.2, 0.25) is 5.88 Å². The number of hydrogen-bond acceptors (Lipinski definition) is 4. The molecule has 5 rings (SSSR count). The van der Waals surface area contributed by atoms with E-state index < -0.39 is 0 Å². The molecule has 0 bridgehead atoms. The van der Waals surface area contributed by atoms with Crippen LogP contribution in [0.2, 0.25) is 0 Å². The van der Waals surface area contributed by atoms with Crippen molar-refractivity contribution in [3.05, 3.63) is 67.3 Å². The lowest BCUT2D eigenvalue weighted by molar-refractivity contribution is 0.112. The SMILES string of the molecule is C=C(CC)N1CCC(Oc2ccc(-c3ccc4c(c3)[nH]c3ccncc34)cn2)CC1. The summed E-state index contributed by atoms with van der Waals surface area (Å²) in [5.41, 5.74) is 5.64. The average Bonchev–Trinajstić information content (AvgIpc) is 3.17. The van der Waals surface area contributed by atoms with Gasteiger partial charge in [-0.25, -0.2) is 4.98 Å². The molecule has 4 aromatic rings. The summed E-state index contributed by atoms with van der Waals surface area (Å²) in [5, 5.41) is 2.33. The van der Waals surface area contributed by atoms with E-state index >= 15 is 0 Å². The molecule has 4 heterocycles. The fourth-order valence-corrected chi connectivity index (χ4v) is 4.23. The van der Waals surface area contributed by atoms with Gasteiger partial charge in [-0.2, -0.15) is 0 Å². The normalized spacial score (nSPS) is 15.0. The van der Waals surface area contributed by atoms with Gasteiger partial charge in [0.05, 0.1) is 0 Å². The maximum atomic E-state index is 6.14. The zero-order valence-electron chi connectivity index (χ0n) is 17.3. The molecule has 3 aromatic heterocycles. The van der Waals surface area contributed by atoms with Gasteiger partial charge in [-0.05, 0) is 30.2 Å². The first-order chi connectivity index (χ1) is 14.7. The molecule has 5 nitrogen and oxygen atoms in total. The van der Waals surface area contributed by atoms with Gasteiger partial charge in [0.1, 0.15) is 6.10 Å². The van der Waals surface area contributed by atoms with Crippen LogP contribution < -0.4 is 4.74 Å². The van der Waals surface area contributed by atoms with E-state index in [9.17, 15) is 0 Å². The predicted molar refractivity (Wildman–Crippen MR) is 121 cm³/mol. The lowest BCUT2D eigenvalue weighted by Gasteiger charge is -2.34. The Hall–Kier alpha value is -3.34. The number of fused-ring (bicyclic) bond motifs is 3.